The van der Waals surface area contributed by atoms with Gasteiger partial charge in [0.1, 0.15) is 0 Å². The van der Waals surface area contributed by atoms with Crippen LogP contribution in [0.25, 0.3) is 0 Å². The summed E-state index contributed by atoms with van der Waals surface area (Å²) >= 11 is 0. The van der Waals surface area contributed by atoms with Gasteiger partial charge in [0.15, 0.2) is 5.03 Å². The highest BCUT2D eigenvalue weighted by Gasteiger charge is 2.30. The Hall–Kier alpha value is -1.18. The molecule has 1 fully saturated rings. The van der Waals surface area contributed by atoms with E-state index in [0.29, 0.717) is 18.8 Å². The number of rotatable bonds is 4. The Morgan fingerprint density at radius 2 is 2.00 bits per heavy atom. The normalized spacial score (nSPS) is 18.4. The number of hydrogen-bond donors (Lipinski definition) is 1. The molecule has 1 aromatic heterocycles. The Morgan fingerprint density at radius 1 is 1.32 bits per heavy atom. The Morgan fingerprint density at radius 3 is 2.58 bits per heavy atom. The zero-order chi connectivity index (χ0) is 13.9. The van der Waals surface area contributed by atoms with Crippen LogP contribution in [0.4, 0.5) is 5.69 Å². The Kier molecular flexibility index (Phi) is 4.38. The smallest absolute Gasteiger partial charge is 0.262 e. The van der Waals surface area contributed by atoms with E-state index in [2.05, 4.69) is 22.1 Å². The number of nitrogens with zero attached hydrogens (tertiary/aromatic N) is 3. The third-order valence-electron chi connectivity index (χ3n) is 3.40. The molecule has 1 aliphatic heterocycles. The highest BCUT2D eigenvalue weighted by Crippen LogP contribution is 2.22. The average Bonchev–Trinajstić information content (AvgIpc) is 2.47. The van der Waals surface area contributed by atoms with Gasteiger partial charge < -0.3 is 10.2 Å². The second kappa shape index (κ2) is 5.85. The van der Waals surface area contributed by atoms with Crippen LogP contribution in [0.15, 0.2) is 23.4 Å². The van der Waals surface area contributed by atoms with Crippen LogP contribution in [-0.4, -0.2) is 62.4 Å². The van der Waals surface area contributed by atoms with Gasteiger partial charge in [0.05, 0.1) is 5.69 Å². The van der Waals surface area contributed by atoms with Crippen molar-refractivity contribution in [2.24, 2.45) is 0 Å². The molecule has 0 unspecified atom stereocenters. The maximum Gasteiger partial charge on any atom is 0.262 e. The van der Waals surface area contributed by atoms with E-state index in [0.717, 1.165) is 19.6 Å². The first kappa shape index (κ1) is 14.2. The summed E-state index contributed by atoms with van der Waals surface area (Å²) in [5.74, 6) is 0. The summed E-state index contributed by atoms with van der Waals surface area (Å²) in [7, 11) is -1.80. The first-order valence-electron chi connectivity index (χ1n) is 6.45. The fraction of sp³-hybridized carbons (Fsp3) is 0.583. The van der Waals surface area contributed by atoms with Crippen LogP contribution in [0, 0.1) is 0 Å². The van der Waals surface area contributed by atoms with Crippen molar-refractivity contribution in [2.45, 2.75) is 11.9 Å². The van der Waals surface area contributed by atoms with E-state index in [9.17, 15) is 8.42 Å². The van der Waals surface area contributed by atoms with Gasteiger partial charge in [-0.3, -0.25) is 0 Å². The monoisotopic (exact) mass is 284 g/mol. The molecule has 19 heavy (non-hydrogen) atoms. The first-order chi connectivity index (χ1) is 9.09. The summed E-state index contributed by atoms with van der Waals surface area (Å²) in [6, 6.07) is 3.45. The number of hydrogen-bond acceptors (Lipinski definition) is 5. The zero-order valence-electron chi connectivity index (χ0n) is 11.3. The van der Waals surface area contributed by atoms with Crippen molar-refractivity contribution in [1.82, 2.24) is 14.2 Å². The molecule has 1 N–H and O–H groups in total. The second-order valence-electron chi connectivity index (χ2n) is 4.44. The number of nitrogens with one attached hydrogen (secondary N) is 1. The lowest BCUT2D eigenvalue weighted by atomic mass is 10.4. The fourth-order valence-corrected chi connectivity index (χ4v) is 3.73. The Balaban J connectivity index is 2.23. The van der Waals surface area contributed by atoms with E-state index in [1.54, 1.807) is 19.2 Å². The van der Waals surface area contributed by atoms with Gasteiger partial charge in [-0.05, 0) is 18.7 Å². The summed E-state index contributed by atoms with van der Waals surface area (Å²) in [5.41, 5.74) is 0.542. The molecule has 0 bridgehead atoms. The molecule has 1 saturated heterocycles. The van der Waals surface area contributed by atoms with Gasteiger partial charge >= 0.3 is 0 Å². The summed E-state index contributed by atoms with van der Waals surface area (Å²) in [4.78, 5) is 6.27. The van der Waals surface area contributed by atoms with E-state index in [4.69, 9.17) is 0 Å². The number of likely N-dealkylation sites (N-methyl/N-ethyl adjacent to an activating group) is 1. The summed E-state index contributed by atoms with van der Waals surface area (Å²) < 4.78 is 26.6. The van der Waals surface area contributed by atoms with E-state index < -0.39 is 10.0 Å². The minimum Gasteiger partial charge on any atom is -0.386 e. The van der Waals surface area contributed by atoms with Gasteiger partial charge in [-0.25, -0.2) is 13.4 Å². The minimum absolute atomic E-state index is 0.113. The van der Waals surface area contributed by atoms with Crippen molar-refractivity contribution in [1.29, 1.82) is 0 Å². The molecule has 0 saturated carbocycles. The van der Waals surface area contributed by atoms with E-state index in [-0.39, 0.29) is 5.03 Å². The molecule has 0 atom stereocenters. The maximum absolute atomic E-state index is 12.6. The first-order valence-corrected chi connectivity index (χ1v) is 7.89. The van der Waals surface area contributed by atoms with Crippen LogP contribution in [0.1, 0.15) is 6.92 Å². The molecule has 0 aliphatic carbocycles. The average molecular weight is 284 g/mol. The molecule has 106 valence electrons. The largest absolute Gasteiger partial charge is 0.386 e. The van der Waals surface area contributed by atoms with Crippen LogP contribution in [-0.2, 0) is 10.0 Å². The number of sulfonamides is 1. The zero-order valence-corrected chi connectivity index (χ0v) is 12.2. The molecule has 2 rings (SSSR count). The molecular weight excluding hydrogens is 264 g/mol. The molecule has 6 nitrogen and oxygen atoms in total. The van der Waals surface area contributed by atoms with Crippen molar-refractivity contribution < 1.29 is 8.42 Å². The third-order valence-corrected chi connectivity index (χ3v) is 5.26. The second-order valence-corrected chi connectivity index (χ2v) is 6.30. The van der Waals surface area contributed by atoms with Gasteiger partial charge in [-0.15, -0.1) is 0 Å². The van der Waals surface area contributed by atoms with Gasteiger partial charge in [-0.2, -0.15) is 4.31 Å². The van der Waals surface area contributed by atoms with Crippen LogP contribution in [0.2, 0.25) is 0 Å². The number of anilines is 1. The van der Waals surface area contributed by atoms with Gasteiger partial charge in [0.2, 0.25) is 0 Å². The van der Waals surface area contributed by atoms with E-state index in [1.807, 2.05) is 0 Å². The van der Waals surface area contributed by atoms with Gasteiger partial charge in [-0.1, -0.05) is 6.92 Å². The van der Waals surface area contributed by atoms with Crippen LogP contribution in [0.3, 0.4) is 0 Å². The molecule has 0 radical (unpaired) electrons. The van der Waals surface area contributed by atoms with Gasteiger partial charge in [0, 0.05) is 39.4 Å². The molecular formula is C12H20N4O2S. The van der Waals surface area contributed by atoms with Crippen molar-refractivity contribution in [3.8, 4) is 0 Å². The lowest BCUT2D eigenvalue weighted by molar-refractivity contribution is 0.196. The lowest BCUT2D eigenvalue weighted by Gasteiger charge is -2.33. The predicted molar refractivity (Wildman–Crippen MR) is 74.7 cm³/mol. The summed E-state index contributed by atoms with van der Waals surface area (Å²) in [5, 5.41) is 3.00. The molecule has 7 heteroatoms. The number of aromatic nitrogens is 1. The SMILES string of the molecule is CCN1CCN(S(=O)(=O)c2ncccc2NC)CC1. The van der Waals surface area contributed by atoms with Crippen molar-refractivity contribution >= 4 is 15.7 Å². The number of pyridine rings is 1. The Bertz CT molecular complexity index is 524. The third kappa shape index (κ3) is 2.88. The van der Waals surface area contributed by atoms with Crippen molar-refractivity contribution in [3.63, 3.8) is 0 Å². The van der Waals surface area contributed by atoms with Crippen LogP contribution < -0.4 is 5.32 Å². The summed E-state index contributed by atoms with van der Waals surface area (Å²) in [6.45, 7) is 5.64. The quantitative estimate of drug-likeness (QED) is 0.869. The van der Waals surface area contributed by atoms with Crippen molar-refractivity contribution in [2.75, 3.05) is 45.1 Å². The maximum atomic E-state index is 12.6. The molecule has 0 aromatic carbocycles. The fourth-order valence-electron chi connectivity index (χ4n) is 2.20. The van der Waals surface area contributed by atoms with Gasteiger partial charge in [0.25, 0.3) is 10.0 Å². The standard InChI is InChI=1S/C12H20N4O2S/c1-3-15-7-9-16(10-8-15)19(17,18)12-11(13-2)5-4-6-14-12/h4-6,13H,3,7-10H2,1-2H3. The highest BCUT2D eigenvalue weighted by atomic mass is 32.2. The molecule has 0 spiro atoms. The molecule has 1 aliphatic rings. The van der Waals surface area contributed by atoms with E-state index >= 15 is 0 Å². The molecule has 2 heterocycles. The van der Waals surface area contributed by atoms with Crippen molar-refractivity contribution in [3.05, 3.63) is 18.3 Å². The summed E-state index contributed by atoms with van der Waals surface area (Å²) in [6.07, 6.45) is 1.51. The lowest BCUT2D eigenvalue weighted by Crippen LogP contribution is -2.48. The Labute approximate surface area is 114 Å². The van der Waals surface area contributed by atoms with E-state index in [1.165, 1.54) is 10.5 Å². The molecule has 0 amide bonds. The predicted octanol–water partition coefficient (Wildman–Crippen LogP) is 0.449. The number of piperazine rings is 1. The van der Waals surface area contributed by atoms with Crippen LogP contribution in [0.5, 0.6) is 0 Å². The van der Waals surface area contributed by atoms with Crippen LogP contribution >= 0.6 is 0 Å². The minimum atomic E-state index is -3.50. The molecule has 1 aromatic rings. The topological polar surface area (TPSA) is 65.5 Å². The highest BCUT2D eigenvalue weighted by molar-refractivity contribution is 7.89.